The summed E-state index contributed by atoms with van der Waals surface area (Å²) in [6.45, 7) is 6.39. The van der Waals surface area contributed by atoms with E-state index in [0.717, 1.165) is 11.3 Å². The van der Waals surface area contributed by atoms with Crippen LogP contribution >= 0.6 is 0 Å². The van der Waals surface area contributed by atoms with Gasteiger partial charge in [0.05, 0.1) is 25.1 Å². The summed E-state index contributed by atoms with van der Waals surface area (Å²) in [4.78, 5) is 31.8. The average Bonchev–Trinajstić information content (AvgIpc) is 2.74. The first kappa shape index (κ1) is 19.0. The standard InChI is InChI=1S/C20H23N7O2/c1-12(2)19(28)23-14-5-3-13(4-6-14)15-11-22-17-16(24-15)18(26-20(21)25-17)27-7-9-29-10-8-27/h3-6,11-12H,7-10H2,1-2H3,(H,23,28)(H2,21,22,25,26). The number of hydrogen-bond acceptors (Lipinski definition) is 8. The number of hydrogen-bond donors (Lipinski definition) is 2. The summed E-state index contributed by atoms with van der Waals surface area (Å²) in [5.41, 5.74) is 9.26. The van der Waals surface area contributed by atoms with Gasteiger partial charge in [0.15, 0.2) is 17.0 Å². The highest BCUT2D eigenvalue weighted by Crippen LogP contribution is 2.26. The summed E-state index contributed by atoms with van der Waals surface area (Å²) in [6, 6.07) is 7.50. The summed E-state index contributed by atoms with van der Waals surface area (Å²) in [7, 11) is 0. The van der Waals surface area contributed by atoms with Gasteiger partial charge < -0.3 is 20.7 Å². The fourth-order valence-electron chi connectivity index (χ4n) is 3.06. The van der Waals surface area contributed by atoms with Crippen molar-refractivity contribution in [2.24, 2.45) is 5.92 Å². The molecule has 3 N–H and O–H groups in total. The van der Waals surface area contributed by atoms with Gasteiger partial charge in [-0.3, -0.25) is 4.79 Å². The Morgan fingerprint density at radius 1 is 1.14 bits per heavy atom. The normalized spacial score (nSPS) is 14.4. The molecule has 0 radical (unpaired) electrons. The summed E-state index contributed by atoms with van der Waals surface area (Å²) < 4.78 is 5.43. The monoisotopic (exact) mass is 393 g/mol. The van der Waals surface area contributed by atoms with Gasteiger partial charge in [0.1, 0.15) is 0 Å². The van der Waals surface area contributed by atoms with Gasteiger partial charge in [-0.1, -0.05) is 26.0 Å². The Balaban J connectivity index is 1.68. The molecular weight excluding hydrogens is 370 g/mol. The van der Waals surface area contributed by atoms with E-state index in [2.05, 4.69) is 25.2 Å². The van der Waals surface area contributed by atoms with E-state index in [1.54, 1.807) is 6.20 Å². The van der Waals surface area contributed by atoms with Gasteiger partial charge in [0, 0.05) is 30.3 Å². The molecule has 1 saturated heterocycles. The third-order valence-corrected chi connectivity index (χ3v) is 4.69. The van der Waals surface area contributed by atoms with Crippen LogP contribution in [0.1, 0.15) is 13.8 Å². The lowest BCUT2D eigenvalue weighted by atomic mass is 10.1. The summed E-state index contributed by atoms with van der Waals surface area (Å²) in [6.07, 6.45) is 1.67. The average molecular weight is 393 g/mol. The smallest absolute Gasteiger partial charge is 0.226 e. The quantitative estimate of drug-likeness (QED) is 0.692. The Kier molecular flexibility index (Phi) is 5.22. The zero-order chi connectivity index (χ0) is 20.4. The van der Waals surface area contributed by atoms with Crippen molar-refractivity contribution in [2.75, 3.05) is 42.3 Å². The molecule has 1 aliphatic heterocycles. The highest BCUT2D eigenvalue weighted by atomic mass is 16.5. The number of aromatic nitrogens is 4. The highest BCUT2D eigenvalue weighted by molar-refractivity contribution is 5.92. The van der Waals surface area contributed by atoms with E-state index in [1.807, 2.05) is 38.1 Å². The van der Waals surface area contributed by atoms with Crippen LogP contribution in [-0.4, -0.2) is 52.1 Å². The minimum absolute atomic E-state index is 0.0202. The number of carbonyl (C=O) groups is 1. The fourth-order valence-corrected chi connectivity index (χ4v) is 3.06. The molecule has 1 aromatic carbocycles. The van der Waals surface area contributed by atoms with Crippen LogP contribution in [0.3, 0.4) is 0 Å². The molecule has 2 aromatic heterocycles. The number of morpholine rings is 1. The van der Waals surface area contributed by atoms with Crippen LogP contribution < -0.4 is 16.0 Å². The molecular formula is C20H23N7O2. The summed E-state index contributed by atoms with van der Waals surface area (Å²) >= 11 is 0. The van der Waals surface area contributed by atoms with Crippen molar-refractivity contribution >= 4 is 34.5 Å². The van der Waals surface area contributed by atoms with Crippen LogP contribution in [0.5, 0.6) is 0 Å². The molecule has 0 saturated carbocycles. The number of rotatable bonds is 4. The predicted molar refractivity (Wildman–Crippen MR) is 111 cm³/mol. The topological polar surface area (TPSA) is 119 Å². The van der Waals surface area contributed by atoms with E-state index in [0.29, 0.717) is 49.0 Å². The van der Waals surface area contributed by atoms with E-state index in [9.17, 15) is 4.79 Å². The van der Waals surface area contributed by atoms with Crippen molar-refractivity contribution in [3.63, 3.8) is 0 Å². The molecule has 4 rings (SSSR count). The summed E-state index contributed by atoms with van der Waals surface area (Å²) in [5, 5.41) is 2.88. The lowest BCUT2D eigenvalue weighted by Crippen LogP contribution is -2.37. The Hall–Kier alpha value is -3.33. The Labute approximate surface area is 168 Å². The van der Waals surface area contributed by atoms with Crippen LogP contribution in [0.25, 0.3) is 22.4 Å². The van der Waals surface area contributed by atoms with Crippen molar-refractivity contribution in [3.05, 3.63) is 30.5 Å². The second-order valence-corrected chi connectivity index (χ2v) is 7.15. The van der Waals surface area contributed by atoms with Crippen molar-refractivity contribution < 1.29 is 9.53 Å². The molecule has 0 atom stereocenters. The van der Waals surface area contributed by atoms with Crippen LogP contribution in [0, 0.1) is 5.92 Å². The van der Waals surface area contributed by atoms with E-state index >= 15 is 0 Å². The number of nitrogens with one attached hydrogen (secondary N) is 1. The number of anilines is 3. The fraction of sp³-hybridized carbons (Fsp3) is 0.350. The minimum atomic E-state index is -0.0768. The zero-order valence-electron chi connectivity index (χ0n) is 16.4. The van der Waals surface area contributed by atoms with Crippen molar-refractivity contribution in [2.45, 2.75) is 13.8 Å². The van der Waals surface area contributed by atoms with Crippen molar-refractivity contribution in [1.29, 1.82) is 0 Å². The van der Waals surface area contributed by atoms with Crippen molar-refractivity contribution in [3.8, 4) is 11.3 Å². The maximum Gasteiger partial charge on any atom is 0.226 e. The van der Waals surface area contributed by atoms with Crippen LogP contribution in [0.15, 0.2) is 30.5 Å². The number of fused-ring (bicyclic) bond motifs is 1. The first-order valence-corrected chi connectivity index (χ1v) is 9.55. The highest BCUT2D eigenvalue weighted by Gasteiger charge is 2.19. The zero-order valence-corrected chi connectivity index (χ0v) is 16.4. The molecule has 1 amide bonds. The predicted octanol–water partition coefficient (Wildman–Crippen LogP) is 2.10. The first-order chi connectivity index (χ1) is 14.0. The number of nitrogen functional groups attached to an aromatic ring is 1. The number of carbonyl (C=O) groups excluding carboxylic acids is 1. The third kappa shape index (κ3) is 4.09. The van der Waals surface area contributed by atoms with E-state index in [1.165, 1.54) is 0 Å². The van der Waals surface area contributed by atoms with Crippen LogP contribution in [-0.2, 0) is 9.53 Å². The second kappa shape index (κ2) is 7.96. The number of benzene rings is 1. The van der Waals surface area contributed by atoms with Gasteiger partial charge in [-0.05, 0) is 12.1 Å². The molecule has 0 unspecified atom stereocenters. The number of nitrogens with zero attached hydrogens (tertiary/aromatic N) is 5. The molecule has 3 aromatic rings. The molecule has 9 nitrogen and oxygen atoms in total. The number of nitrogens with two attached hydrogens (primary N) is 1. The van der Waals surface area contributed by atoms with Gasteiger partial charge >= 0.3 is 0 Å². The Bertz CT molecular complexity index is 1030. The molecule has 150 valence electrons. The lowest BCUT2D eigenvalue weighted by Gasteiger charge is -2.28. The summed E-state index contributed by atoms with van der Waals surface area (Å²) in [5.74, 6) is 0.748. The van der Waals surface area contributed by atoms with Crippen molar-refractivity contribution in [1.82, 2.24) is 19.9 Å². The maximum atomic E-state index is 11.9. The molecule has 1 fully saturated rings. The molecule has 0 spiro atoms. The van der Waals surface area contributed by atoms with Crippen LogP contribution in [0.4, 0.5) is 17.5 Å². The molecule has 3 heterocycles. The SMILES string of the molecule is CC(C)C(=O)Nc1ccc(-c2cnc3nc(N)nc(N4CCOCC4)c3n2)cc1. The molecule has 1 aliphatic rings. The number of amides is 1. The van der Waals surface area contributed by atoms with Gasteiger partial charge in [0.2, 0.25) is 11.9 Å². The minimum Gasteiger partial charge on any atom is -0.378 e. The lowest BCUT2D eigenvalue weighted by molar-refractivity contribution is -0.118. The van der Waals surface area contributed by atoms with E-state index < -0.39 is 0 Å². The van der Waals surface area contributed by atoms with Gasteiger partial charge in [-0.25, -0.2) is 9.97 Å². The first-order valence-electron chi connectivity index (χ1n) is 9.55. The molecule has 0 aliphatic carbocycles. The number of ether oxygens (including phenoxy) is 1. The Morgan fingerprint density at radius 3 is 2.55 bits per heavy atom. The molecule has 0 bridgehead atoms. The van der Waals surface area contributed by atoms with Gasteiger partial charge in [-0.15, -0.1) is 0 Å². The molecule has 9 heteroatoms. The van der Waals surface area contributed by atoms with Gasteiger partial charge in [0.25, 0.3) is 0 Å². The largest absolute Gasteiger partial charge is 0.378 e. The third-order valence-electron chi connectivity index (χ3n) is 4.69. The maximum absolute atomic E-state index is 11.9. The van der Waals surface area contributed by atoms with Gasteiger partial charge in [-0.2, -0.15) is 9.97 Å². The molecule has 29 heavy (non-hydrogen) atoms. The Morgan fingerprint density at radius 2 is 1.86 bits per heavy atom. The van der Waals surface area contributed by atoms with E-state index in [4.69, 9.17) is 15.5 Å². The van der Waals surface area contributed by atoms with E-state index in [-0.39, 0.29) is 17.8 Å². The second-order valence-electron chi connectivity index (χ2n) is 7.15. The van der Waals surface area contributed by atoms with Crippen LogP contribution in [0.2, 0.25) is 0 Å².